The molecule has 0 spiro atoms. The van der Waals surface area contributed by atoms with Gasteiger partial charge in [0.25, 0.3) is 0 Å². The molecule has 18 heavy (non-hydrogen) atoms. The molecule has 0 bridgehead atoms. The maximum absolute atomic E-state index is 11.3. The van der Waals surface area contributed by atoms with Gasteiger partial charge in [0.1, 0.15) is 0 Å². The molecule has 2 rings (SSSR count). The SMILES string of the molecule is CC(=O)N1CCN(Cc2ccc(C)cc2C)CC1. The van der Waals surface area contributed by atoms with Crippen molar-refractivity contribution < 1.29 is 4.79 Å². The molecule has 1 amide bonds. The number of hydrogen-bond acceptors (Lipinski definition) is 2. The third kappa shape index (κ3) is 3.10. The third-order valence-corrected chi connectivity index (χ3v) is 3.71. The molecule has 0 N–H and O–H groups in total. The number of carbonyl (C=O) groups excluding carboxylic acids is 1. The zero-order valence-corrected chi connectivity index (χ0v) is 11.6. The van der Waals surface area contributed by atoms with Crippen molar-refractivity contribution in [3.05, 3.63) is 34.9 Å². The summed E-state index contributed by atoms with van der Waals surface area (Å²) in [6.45, 7) is 10.6. The van der Waals surface area contributed by atoms with Crippen molar-refractivity contribution in [1.82, 2.24) is 9.80 Å². The summed E-state index contributed by atoms with van der Waals surface area (Å²) < 4.78 is 0. The van der Waals surface area contributed by atoms with Gasteiger partial charge in [0.15, 0.2) is 0 Å². The maximum Gasteiger partial charge on any atom is 0.219 e. The highest BCUT2D eigenvalue weighted by molar-refractivity contribution is 5.73. The van der Waals surface area contributed by atoms with Gasteiger partial charge in [-0.3, -0.25) is 9.69 Å². The second-order valence-electron chi connectivity index (χ2n) is 5.21. The van der Waals surface area contributed by atoms with Crippen LogP contribution in [-0.4, -0.2) is 41.9 Å². The van der Waals surface area contributed by atoms with E-state index in [1.165, 1.54) is 16.7 Å². The van der Waals surface area contributed by atoms with Crippen LogP contribution in [0.2, 0.25) is 0 Å². The number of nitrogens with zero attached hydrogens (tertiary/aromatic N) is 2. The van der Waals surface area contributed by atoms with Crippen molar-refractivity contribution in [1.29, 1.82) is 0 Å². The largest absolute Gasteiger partial charge is 0.340 e. The standard InChI is InChI=1S/C15H22N2O/c1-12-4-5-15(13(2)10-12)11-16-6-8-17(9-7-16)14(3)18/h4-5,10H,6-9,11H2,1-3H3. The van der Waals surface area contributed by atoms with Crippen LogP contribution in [0.1, 0.15) is 23.6 Å². The van der Waals surface area contributed by atoms with Crippen molar-refractivity contribution in [2.45, 2.75) is 27.3 Å². The molecule has 1 aromatic rings. The fourth-order valence-corrected chi connectivity index (χ4v) is 2.48. The Bertz CT molecular complexity index is 434. The van der Waals surface area contributed by atoms with Gasteiger partial charge in [-0.25, -0.2) is 0 Å². The second kappa shape index (κ2) is 5.53. The predicted octanol–water partition coefficient (Wildman–Crippen LogP) is 1.97. The van der Waals surface area contributed by atoms with Crippen molar-refractivity contribution in [3.63, 3.8) is 0 Å². The molecule has 3 heteroatoms. The van der Waals surface area contributed by atoms with Crippen molar-refractivity contribution in [2.24, 2.45) is 0 Å². The molecular weight excluding hydrogens is 224 g/mol. The number of hydrogen-bond donors (Lipinski definition) is 0. The van der Waals surface area contributed by atoms with E-state index in [0.29, 0.717) is 0 Å². The Morgan fingerprint density at radius 2 is 1.83 bits per heavy atom. The van der Waals surface area contributed by atoms with Gasteiger partial charge in [0, 0.05) is 39.6 Å². The predicted molar refractivity (Wildman–Crippen MR) is 73.4 cm³/mol. The minimum absolute atomic E-state index is 0.196. The quantitative estimate of drug-likeness (QED) is 0.796. The lowest BCUT2D eigenvalue weighted by Gasteiger charge is -2.34. The van der Waals surface area contributed by atoms with Crippen LogP contribution in [-0.2, 0) is 11.3 Å². The summed E-state index contributed by atoms with van der Waals surface area (Å²) in [6, 6.07) is 6.64. The molecule has 1 saturated heterocycles. The van der Waals surface area contributed by atoms with Crippen molar-refractivity contribution in [2.75, 3.05) is 26.2 Å². The third-order valence-electron chi connectivity index (χ3n) is 3.71. The van der Waals surface area contributed by atoms with Gasteiger partial charge in [0.05, 0.1) is 0 Å². The Balaban J connectivity index is 1.93. The van der Waals surface area contributed by atoms with E-state index in [-0.39, 0.29) is 5.91 Å². The molecule has 3 nitrogen and oxygen atoms in total. The van der Waals surface area contributed by atoms with Crippen molar-refractivity contribution in [3.8, 4) is 0 Å². The van der Waals surface area contributed by atoms with E-state index in [4.69, 9.17) is 0 Å². The molecule has 98 valence electrons. The molecule has 0 aromatic heterocycles. The first kappa shape index (κ1) is 13.1. The molecule has 0 saturated carbocycles. The highest BCUT2D eigenvalue weighted by Gasteiger charge is 2.18. The molecule has 1 aromatic carbocycles. The minimum Gasteiger partial charge on any atom is -0.340 e. The smallest absolute Gasteiger partial charge is 0.219 e. The minimum atomic E-state index is 0.196. The first-order chi connectivity index (χ1) is 8.56. The van der Waals surface area contributed by atoms with E-state index in [2.05, 4.69) is 36.9 Å². The monoisotopic (exact) mass is 246 g/mol. The molecule has 0 radical (unpaired) electrons. The lowest BCUT2D eigenvalue weighted by molar-refractivity contribution is -0.130. The van der Waals surface area contributed by atoms with Crippen molar-refractivity contribution >= 4 is 5.91 Å². The number of carbonyl (C=O) groups is 1. The highest BCUT2D eigenvalue weighted by Crippen LogP contribution is 2.14. The van der Waals surface area contributed by atoms with Crippen LogP contribution < -0.4 is 0 Å². The zero-order valence-electron chi connectivity index (χ0n) is 11.6. The Hall–Kier alpha value is -1.35. The number of benzene rings is 1. The topological polar surface area (TPSA) is 23.6 Å². The maximum atomic E-state index is 11.3. The molecule has 0 aliphatic carbocycles. The highest BCUT2D eigenvalue weighted by atomic mass is 16.2. The van der Waals surface area contributed by atoms with Crippen LogP contribution in [0.5, 0.6) is 0 Å². The number of aryl methyl sites for hydroxylation is 2. The van der Waals surface area contributed by atoms with E-state index >= 15 is 0 Å². The average molecular weight is 246 g/mol. The molecule has 1 fully saturated rings. The van der Waals surface area contributed by atoms with E-state index in [9.17, 15) is 4.79 Å². The van der Waals surface area contributed by atoms with Crippen LogP contribution in [0.25, 0.3) is 0 Å². The Kier molecular flexibility index (Phi) is 4.02. The molecule has 1 heterocycles. The van der Waals surface area contributed by atoms with Gasteiger partial charge in [-0.15, -0.1) is 0 Å². The summed E-state index contributed by atoms with van der Waals surface area (Å²) in [5, 5.41) is 0. The lowest BCUT2D eigenvalue weighted by Crippen LogP contribution is -2.47. The van der Waals surface area contributed by atoms with Gasteiger partial charge in [-0.2, -0.15) is 0 Å². The van der Waals surface area contributed by atoms with Crippen LogP contribution in [0.3, 0.4) is 0 Å². The average Bonchev–Trinajstić information content (AvgIpc) is 2.33. The van der Waals surface area contributed by atoms with E-state index in [1.54, 1.807) is 6.92 Å². The van der Waals surface area contributed by atoms with Crippen LogP contribution >= 0.6 is 0 Å². The Morgan fingerprint density at radius 1 is 1.17 bits per heavy atom. The summed E-state index contributed by atoms with van der Waals surface area (Å²) in [5.74, 6) is 0.196. The first-order valence-corrected chi connectivity index (χ1v) is 6.60. The number of rotatable bonds is 2. The summed E-state index contributed by atoms with van der Waals surface area (Å²) in [6.07, 6.45) is 0. The molecule has 1 aliphatic rings. The fourth-order valence-electron chi connectivity index (χ4n) is 2.48. The van der Waals surface area contributed by atoms with Crippen LogP contribution in [0.4, 0.5) is 0 Å². The summed E-state index contributed by atoms with van der Waals surface area (Å²) in [4.78, 5) is 15.6. The van der Waals surface area contributed by atoms with Crippen LogP contribution in [0.15, 0.2) is 18.2 Å². The van der Waals surface area contributed by atoms with E-state index in [0.717, 1.165) is 32.7 Å². The molecule has 0 unspecified atom stereocenters. The number of amides is 1. The lowest BCUT2D eigenvalue weighted by atomic mass is 10.1. The Labute approximate surface area is 109 Å². The molecular formula is C15H22N2O. The second-order valence-corrected chi connectivity index (χ2v) is 5.21. The van der Waals surface area contributed by atoms with Gasteiger partial charge in [-0.05, 0) is 25.0 Å². The van der Waals surface area contributed by atoms with E-state index in [1.807, 2.05) is 4.90 Å². The van der Waals surface area contributed by atoms with Gasteiger partial charge in [-0.1, -0.05) is 23.8 Å². The van der Waals surface area contributed by atoms with E-state index < -0.39 is 0 Å². The summed E-state index contributed by atoms with van der Waals surface area (Å²) in [5.41, 5.74) is 4.08. The van der Waals surface area contributed by atoms with Gasteiger partial charge >= 0.3 is 0 Å². The molecule has 0 atom stereocenters. The zero-order chi connectivity index (χ0) is 13.1. The van der Waals surface area contributed by atoms with Gasteiger partial charge < -0.3 is 4.90 Å². The first-order valence-electron chi connectivity index (χ1n) is 6.60. The number of piperazine rings is 1. The summed E-state index contributed by atoms with van der Waals surface area (Å²) in [7, 11) is 0. The normalized spacial score (nSPS) is 16.9. The van der Waals surface area contributed by atoms with Crippen LogP contribution in [0, 0.1) is 13.8 Å². The Morgan fingerprint density at radius 3 is 2.39 bits per heavy atom. The fraction of sp³-hybridized carbons (Fsp3) is 0.533. The van der Waals surface area contributed by atoms with Gasteiger partial charge in [0.2, 0.25) is 5.91 Å². The molecule has 1 aliphatic heterocycles. The summed E-state index contributed by atoms with van der Waals surface area (Å²) >= 11 is 0.